The number of sulfonamides is 1. The molecular formula is C23H19NO4S. The van der Waals surface area contributed by atoms with E-state index in [2.05, 4.69) is 5.92 Å². The van der Waals surface area contributed by atoms with Crippen LogP contribution < -0.4 is 14.6 Å². The predicted octanol–water partition coefficient (Wildman–Crippen LogP) is 3.61. The van der Waals surface area contributed by atoms with E-state index in [9.17, 15) is 8.42 Å². The second-order valence-electron chi connectivity index (χ2n) is 6.83. The molecule has 1 atom stereocenters. The van der Waals surface area contributed by atoms with Crippen LogP contribution in [0.25, 0.3) is 11.1 Å². The number of nitrogens with two attached hydrogens (primary N) is 1. The van der Waals surface area contributed by atoms with Crippen molar-refractivity contribution in [3.05, 3.63) is 82.9 Å². The normalized spacial score (nSPS) is 14.9. The van der Waals surface area contributed by atoms with Gasteiger partial charge in [0.25, 0.3) is 0 Å². The zero-order chi connectivity index (χ0) is 20.6. The minimum absolute atomic E-state index is 0.255. The van der Waals surface area contributed by atoms with E-state index in [1.165, 1.54) is 0 Å². The lowest BCUT2D eigenvalue weighted by atomic mass is 9.86. The molecule has 0 aromatic heterocycles. The zero-order valence-corrected chi connectivity index (χ0v) is 16.6. The Labute approximate surface area is 170 Å². The van der Waals surface area contributed by atoms with Crippen molar-refractivity contribution in [2.45, 2.75) is 11.9 Å². The number of fused-ring (bicyclic) bond motifs is 3. The van der Waals surface area contributed by atoms with Gasteiger partial charge in [-0.3, -0.25) is 0 Å². The largest absolute Gasteiger partial charge is 0.497 e. The average Bonchev–Trinajstić information content (AvgIpc) is 2.71. The molecule has 4 rings (SSSR count). The average molecular weight is 405 g/mol. The number of hydrogen-bond acceptors (Lipinski definition) is 4. The smallest absolute Gasteiger partial charge is 0.213 e. The molecule has 1 aliphatic heterocycles. The summed E-state index contributed by atoms with van der Waals surface area (Å²) in [7, 11) is -2.06. The first-order chi connectivity index (χ1) is 13.9. The molecule has 0 fully saturated rings. The highest BCUT2D eigenvalue weighted by Crippen LogP contribution is 2.46. The molecule has 0 saturated heterocycles. The third kappa shape index (κ3) is 3.70. The summed E-state index contributed by atoms with van der Waals surface area (Å²) in [5.74, 6) is 3.84. The Hall–Kier alpha value is -3.27. The van der Waals surface area contributed by atoms with Gasteiger partial charge >= 0.3 is 0 Å². The Morgan fingerprint density at radius 2 is 1.93 bits per heavy atom. The second kappa shape index (κ2) is 7.28. The van der Waals surface area contributed by atoms with Gasteiger partial charge in [0.2, 0.25) is 10.0 Å². The van der Waals surface area contributed by atoms with E-state index >= 15 is 0 Å². The molecule has 0 spiro atoms. The SMILES string of the molecule is C#Cc1cccc2c1-c1ccc(CS(N)(=O)=O)cc1C(c1cccc(OC)c1)O2. The van der Waals surface area contributed by atoms with Gasteiger partial charge in [-0.1, -0.05) is 42.3 Å². The number of rotatable bonds is 4. The fourth-order valence-electron chi connectivity index (χ4n) is 3.65. The van der Waals surface area contributed by atoms with Crippen LogP contribution >= 0.6 is 0 Å². The maximum absolute atomic E-state index is 11.6. The quantitative estimate of drug-likeness (QED) is 0.673. The maximum atomic E-state index is 11.6. The molecule has 2 N–H and O–H groups in total. The van der Waals surface area contributed by atoms with Crippen LogP contribution in [0.15, 0.2) is 60.7 Å². The van der Waals surface area contributed by atoms with E-state index in [4.69, 9.17) is 21.0 Å². The summed E-state index contributed by atoms with van der Waals surface area (Å²) in [5, 5.41) is 5.25. The Morgan fingerprint density at radius 1 is 1.14 bits per heavy atom. The maximum Gasteiger partial charge on any atom is 0.213 e. The Kier molecular flexibility index (Phi) is 4.79. The van der Waals surface area contributed by atoms with Crippen molar-refractivity contribution in [3.8, 4) is 35.0 Å². The second-order valence-corrected chi connectivity index (χ2v) is 8.44. The highest BCUT2D eigenvalue weighted by Gasteiger charge is 2.29. The summed E-state index contributed by atoms with van der Waals surface area (Å²) in [6.07, 6.45) is 5.27. The van der Waals surface area contributed by atoms with Crippen LogP contribution in [0.3, 0.4) is 0 Å². The lowest BCUT2D eigenvalue weighted by molar-refractivity contribution is 0.243. The van der Waals surface area contributed by atoms with E-state index < -0.39 is 16.1 Å². The van der Waals surface area contributed by atoms with Gasteiger partial charge in [-0.05, 0) is 35.4 Å². The lowest BCUT2D eigenvalue weighted by Gasteiger charge is -2.30. The Balaban J connectivity index is 1.94. The number of benzene rings is 3. The fraction of sp³-hybridized carbons (Fsp3) is 0.130. The van der Waals surface area contributed by atoms with Crippen LogP contribution in [0, 0.1) is 12.3 Å². The first-order valence-corrected chi connectivity index (χ1v) is 10.6. The number of terminal acetylenes is 1. The van der Waals surface area contributed by atoms with Crippen molar-refractivity contribution in [2.75, 3.05) is 7.11 Å². The minimum atomic E-state index is -3.66. The van der Waals surface area contributed by atoms with Crippen molar-refractivity contribution in [1.29, 1.82) is 0 Å². The Morgan fingerprint density at radius 3 is 2.66 bits per heavy atom. The molecule has 1 heterocycles. The lowest BCUT2D eigenvalue weighted by Crippen LogP contribution is -2.18. The topological polar surface area (TPSA) is 78.6 Å². The minimum Gasteiger partial charge on any atom is -0.497 e. The fourth-order valence-corrected chi connectivity index (χ4v) is 4.29. The Bertz CT molecular complexity index is 1240. The highest BCUT2D eigenvalue weighted by molar-refractivity contribution is 7.88. The molecule has 0 amide bonds. The highest BCUT2D eigenvalue weighted by atomic mass is 32.2. The van der Waals surface area contributed by atoms with Crippen LogP contribution in [-0.4, -0.2) is 15.5 Å². The van der Waals surface area contributed by atoms with Gasteiger partial charge in [-0.25, -0.2) is 13.6 Å². The molecule has 6 heteroatoms. The molecule has 29 heavy (non-hydrogen) atoms. The van der Waals surface area contributed by atoms with E-state index in [1.807, 2.05) is 54.6 Å². The molecular weight excluding hydrogens is 386 g/mol. The van der Waals surface area contributed by atoms with Gasteiger partial charge in [0, 0.05) is 22.3 Å². The van der Waals surface area contributed by atoms with E-state index in [-0.39, 0.29) is 5.75 Å². The van der Waals surface area contributed by atoms with Crippen molar-refractivity contribution >= 4 is 10.0 Å². The molecule has 0 bridgehead atoms. The first kappa shape index (κ1) is 19.1. The van der Waals surface area contributed by atoms with Crippen LogP contribution in [0.2, 0.25) is 0 Å². The molecule has 0 saturated carbocycles. The van der Waals surface area contributed by atoms with Crippen LogP contribution in [0.5, 0.6) is 11.5 Å². The van der Waals surface area contributed by atoms with Gasteiger partial charge in [0.15, 0.2) is 0 Å². The van der Waals surface area contributed by atoms with Gasteiger partial charge in [-0.15, -0.1) is 6.42 Å². The molecule has 1 aliphatic rings. The summed E-state index contributed by atoms with van der Waals surface area (Å²) < 4.78 is 34.9. The summed E-state index contributed by atoms with van der Waals surface area (Å²) >= 11 is 0. The monoisotopic (exact) mass is 405 g/mol. The van der Waals surface area contributed by atoms with Crippen LogP contribution in [-0.2, 0) is 15.8 Å². The van der Waals surface area contributed by atoms with E-state index in [1.54, 1.807) is 13.2 Å². The summed E-state index contributed by atoms with van der Waals surface area (Å²) in [6, 6.07) is 18.6. The molecule has 1 unspecified atom stereocenters. The van der Waals surface area contributed by atoms with Gasteiger partial charge < -0.3 is 9.47 Å². The number of primary sulfonamides is 1. The third-order valence-electron chi connectivity index (χ3n) is 4.86. The van der Waals surface area contributed by atoms with Crippen LogP contribution in [0.1, 0.15) is 28.4 Å². The molecule has 146 valence electrons. The van der Waals surface area contributed by atoms with Crippen molar-refractivity contribution in [1.82, 2.24) is 0 Å². The molecule has 0 aliphatic carbocycles. The number of hydrogen-bond donors (Lipinski definition) is 1. The molecule has 5 nitrogen and oxygen atoms in total. The van der Waals surface area contributed by atoms with E-state index in [0.29, 0.717) is 22.6 Å². The standard InChI is InChI=1S/C23H19NO4S/c1-3-16-6-5-9-21-22(16)19-11-10-15(14-29(24,25)26)12-20(19)23(28-21)17-7-4-8-18(13-17)27-2/h1,4-13,23H,14H2,2H3,(H2,24,25,26). The number of methoxy groups -OCH3 is 1. The number of ether oxygens (including phenoxy) is 2. The van der Waals surface area contributed by atoms with Crippen molar-refractivity contribution < 1.29 is 17.9 Å². The van der Waals surface area contributed by atoms with Crippen LogP contribution in [0.4, 0.5) is 0 Å². The van der Waals surface area contributed by atoms with Gasteiger partial charge in [-0.2, -0.15) is 0 Å². The van der Waals surface area contributed by atoms with Gasteiger partial charge in [0.1, 0.15) is 17.6 Å². The first-order valence-electron chi connectivity index (χ1n) is 8.93. The van der Waals surface area contributed by atoms with E-state index in [0.717, 1.165) is 22.3 Å². The van der Waals surface area contributed by atoms with Crippen molar-refractivity contribution in [3.63, 3.8) is 0 Å². The summed E-state index contributed by atoms with van der Waals surface area (Å²) in [4.78, 5) is 0. The summed E-state index contributed by atoms with van der Waals surface area (Å²) in [5.41, 5.74) is 4.75. The van der Waals surface area contributed by atoms with Crippen molar-refractivity contribution in [2.24, 2.45) is 5.14 Å². The molecule has 3 aromatic carbocycles. The predicted molar refractivity (Wildman–Crippen MR) is 112 cm³/mol. The van der Waals surface area contributed by atoms with Gasteiger partial charge in [0.05, 0.1) is 12.9 Å². The third-order valence-corrected chi connectivity index (χ3v) is 5.59. The molecule has 0 radical (unpaired) electrons. The summed E-state index contributed by atoms with van der Waals surface area (Å²) in [6.45, 7) is 0. The zero-order valence-electron chi connectivity index (χ0n) is 15.8. The molecule has 3 aromatic rings.